The molecule has 23 heavy (non-hydrogen) atoms. The molecule has 2 amide bonds. The minimum absolute atomic E-state index is 0.203. The highest BCUT2D eigenvalue weighted by Crippen LogP contribution is 2.25. The summed E-state index contributed by atoms with van der Waals surface area (Å²) >= 11 is 5.95. The molecule has 0 saturated carbocycles. The van der Waals surface area contributed by atoms with Crippen LogP contribution in [0.1, 0.15) is 36.5 Å². The Kier molecular flexibility index (Phi) is 5.60. The van der Waals surface area contributed by atoms with Crippen molar-refractivity contribution in [3.63, 3.8) is 0 Å². The Morgan fingerprint density at radius 1 is 1.30 bits per heavy atom. The standard InChI is InChI=1S/C16H19ClN2O4/c1-2-14(20)18-13-9-11(17)3-4-12(13)15(21)19-7-5-10(6-8-19)16(22)23/h3-4,9-10H,2,5-8H2,1H3,(H,18,20)(H,22,23). The van der Waals surface area contributed by atoms with E-state index in [0.717, 1.165) is 0 Å². The molecule has 0 unspecified atom stereocenters. The normalized spacial score (nSPS) is 15.3. The fourth-order valence-electron chi connectivity index (χ4n) is 2.54. The van der Waals surface area contributed by atoms with Crippen LogP contribution in [0.4, 0.5) is 5.69 Å². The minimum atomic E-state index is -0.820. The number of piperidine rings is 1. The molecule has 1 fully saturated rings. The average Bonchev–Trinajstić information content (AvgIpc) is 2.54. The van der Waals surface area contributed by atoms with E-state index in [1.54, 1.807) is 30.0 Å². The zero-order valence-electron chi connectivity index (χ0n) is 12.8. The number of nitrogens with zero attached hydrogens (tertiary/aromatic N) is 1. The summed E-state index contributed by atoms with van der Waals surface area (Å²) < 4.78 is 0. The number of carboxylic acids is 1. The molecule has 2 rings (SSSR count). The molecule has 1 saturated heterocycles. The van der Waals surface area contributed by atoms with Crippen LogP contribution >= 0.6 is 11.6 Å². The molecular formula is C16H19ClN2O4. The molecule has 1 aliphatic rings. The fraction of sp³-hybridized carbons (Fsp3) is 0.438. The van der Waals surface area contributed by atoms with Crippen molar-refractivity contribution in [2.45, 2.75) is 26.2 Å². The summed E-state index contributed by atoms with van der Waals surface area (Å²) in [5.74, 6) is -1.65. The van der Waals surface area contributed by atoms with Crippen molar-refractivity contribution in [3.05, 3.63) is 28.8 Å². The van der Waals surface area contributed by atoms with Gasteiger partial charge in [0.25, 0.3) is 5.91 Å². The third-order valence-electron chi connectivity index (χ3n) is 3.94. The summed E-state index contributed by atoms with van der Waals surface area (Å²) in [5.41, 5.74) is 0.750. The lowest BCUT2D eigenvalue weighted by atomic mass is 9.96. The van der Waals surface area contributed by atoms with E-state index >= 15 is 0 Å². The Bertz CT molecular complexity index is 625. The van der Waals surface area contributed by atoms with E-state index < -0.39 is 11.9 Å². The SMILES string of the molecule is CCC(=O)Nc1cc(Cl)ccc1C(=O)N1CCC(C(=O)O)CC1. The van der Waals surface area contributed by atoms with Gasteiger partial charge in [0, 0.05) is 24.5 Å². The number of aliphatic carboxylic acids is 1. The lowest BCUT2D eigenvalue weighted by Gasteiger charge is -2.30. The quantitative estimate of drug-likeness (QED) is 0.883. The van der Waals surface area contributed by atoms with Crippen LogP contribution in [0.2, 0.25) is 5.02 Å². The largest absolute Gasteiger partial charge is 0.481 e. The highest BCUT2D eigenvalue weighted by molar-refractivity contribution is 6.31. The number of benzene rings is 1. The van der Waals surface area contributed by atoms with Gasteiger partial charge >= 0.3 is 5.97 Å². The number of hydrogen-bond acceptors (Lipinski definition) is 3. The van der Waals surface area contributed by atoms with Crippen LogP contribution < -0.4 is 5.32 Å². The molecule has 0 radical (unpaired) electrons. The Morgan fingerprint density at radius 3 is 2.52 bits per heavy atom. The smallest absolute Gasteiger partial charge is 0.306 e. The molecule has 7 heteroatoms. The van der Waals surface area contributed by atoms with Crippen molar-refractivity contribution < 1.29 is 19.5 Å². The summed E-state index contributed by atoms with van der Waals surface area (Å²) in [6.45, 7) is 2.50. The van der Waals surface area contributed by atoms with E-state index in [1.807, 2.05) is 0 Å². The lowest BCUT2D eigenvalue weighted by Crippen LogP contribution is -2.40. The van der Waals surface area contributed by atoms with Gasteiger partial charge in [-0.1, -0.05) is 18.5 Å². The van der Waals surface area contributed by atoms with Crippen LogP contribution in [0.5, 0.6) is 0 Å². The molecular weight excluding hydrogens is 320 g/mol. The van der Waals surface area contributed by atoms with Crippen molar-refractivity contribution >= 4 is 35.1 Å². The fourth-order valence-corrected chi connectivity index (χ4v) is 2.72. The Hall–Kier alpha value is -2.08. The van der Waals surface area contributed by atoms with E-state index in [1.165, 1.54) is 0 Å². The van der Waals surface area contributed by atoms with E-state index in [2.05, 4.69) is 5.32 Å². The third kappa shape index (κ3) is 4.22. The number of anilines is 1. The van der Waals surface area contributed by atoms with Gasteiger partial charge in [0.1, 0.15) is 0 Å². The summed E-state index contributed by atoms with van der Waals surface area (Å²) in [7, 11) is 0. The summed E-state index contributed by atoms with van der Waals surface area (Å²) in [5, 5.41) is 12.1. The van der Waals surface area contributed by atoms with Crippen molar-refractivity contribution in [1.82, 2.24) is 4.90 Å². The maximum absolute atomic E-state index is 12.7. The number of hydrogen-bond donors (Lipinski definition) is 2. The van der Waals surface area contributed by atoms with Gasteiger partial charge in [-0.3, -0.25) is 14.4 Å². The topological polar surface area (TPSA) is 86.7 Å². The monoisotopic (exact) mass is 338 g/mol. The molecule has 0 atom stereocenters. The van der Waals surface area contributed by atoms with Gasteiger partial charge < -0.3 is 15.3 Å². The minimum Gasteiger partial charge on any atom is -0.481 e. The number of amides is 2. The van der Waals surface area contributed by atoms with E-state index in [0.29, 0.717) is 48.6 Å². The Labute approximate surface area is 139 Å². The summed E-state index contributed by atoms with van der Waals surface area (Å²) in [4.78, 5) is 36.9. The van der Waals surface area contributed by atoms with Crippen LogP contribution in [0.3, 0.4) is 0 Å². The van der Waals surface area contributed by atoms with Crippen molar-refractivity contribution in [2.24, 2.45) is 5.92 Å². The van der Waals surface area contributed by atoms with Gasteiger partial charge in [-0.05, 0) is 31.0 Å². The number of halogens is 1. The van der Waals surface area contributed by atoms with Gasteiger partial charge in [0.2, 0.25) is 5.91 Å². The molecule has 2 N–H and O–H groups in total. The zero-order chi connectivity index (χ0) is 17.0. The lowest BCUT2D eigenvalue weighted by molar-refractivity contribution is -0.143. The Balaban J connectivity index is 2.16. The predicted octanol–water partition coefficient (Wildman–Crippen LogP) is 2.63. The first-order valence-electron chi connectivity index (χ1n) is 7.53. The average molecular weight is 339 g/mol. The summed E-state index contributed by atoms with van der Waals surface area (Å²) in [6, 6.07) is 4.73. The highest BCUT2D eigenvalue weighted by Gasteiger charge is 2.28. The summed E-state index contributed by atoms with van der Waals surface area (Å²) in [6.07, 6.45) is 1.17. The molecule has 6 nitrogen and oxygen atoms in total. The second-order valence-electron chi connectivity index (χ2n) is 5.50. The molecule has 1 aromatic rings. The van der Waals surface area contributed by atoms with Crippen LogP contribution in [0.15, 0.2) is 18.2 Å². The van der Waals surface area contributed by atoms with E-state index in [-0.39, 0.29) is 11.8 Å². The maximum Gasteiger partial charge on any atom is 0.306 e. The molecule has 124 valence electrons. The number of rotatable bonds is 4. The molecule has 0 bridgehead atoms. The predicted molar refractivity (Wildman–Crippen MR) is 86.6 cm³/mol. The molecule has 0 spiro atoms. The molecule has 1 aromatic carbocycles. The highest BCUT2D eigenvalue weighted by atomic mass is 35.5. The van der Waals surface area contributed by atoms with E-state index in [4.69, 9.17) is 16.7 Å². The van der Waals surface area contributed by atoms with Crippen LogP contribution in [0.25, 0.3) is 0 Å². The van der Waals surface area contributed by atoms with Gasteiger partial charge in [0.15, 0.2) is 0 Å². The number of carbonyl (C=O) groups is 3. The van der Waals surface area contributed by atoms with Crippen LogP contribution in [-0.2, 0) is 9.59 Å². The second kappa shape index (κ2) is 7.46. The number of likely N-dealkylation sites (tertiary alicyclic amines) is 1. The van der Waals surface area contributed by atoms with Crippen molar-refractivity contribution in [3.8, 4) is 0 Å². The van der Waals surface area contributed by atoms with Crippen LogP contribution in [-0.4, -0.2) is 40.9 Å². The van der Waals surface area contributed by atoms with Gasteiger partial charge in [-0.15, -0.1) is 0 Å². The third-order valence-corrected chi connectivity index (χ3v) is 4.17. The van der Waals surface area contributed by atoms with E-state index in [9.17, 15) is 14.4 Å². The molecule has 0 aliphatic carbocycles. The first kappa shape index (κ1) is 17.3. The zero-order valence-corrected chi connectivity index (χ0v) is 13.6. The first-order chi connectivity index (χ1) is 10.9. The van der Waals surface area contributed by atoms with Crippen LogP contribution in [0, 0.1) is 5.92 Å². The Morgan fingerprint density at radius 2 is 1.96 bits per heavy atom. The second-order valence-corrected chi connectivity index (χ2v) is 5.93. The molecule has 1 heterocycles. The maximum atomic E-state index is 12.7. The number of nitrogens with one attached hydrogen (secondary N) is 1. The van der Waals surface area contributed by atoms with Gasteiger partial charge in [-0.25, -0.2) is 0 Å². The van der Waals surface area contributed by atoms with Gasteiger partial charge in [0.05, 0.1) is 17.2 Å². The number of carbonyl (C=O) groups excluding carboxylic acids is 2. The van der Waals surface area contributed by atoms with Gasteiger partial charge in [-0.2, -0.15) is 0 Å². The first-order valence-corrected chi connectivity index (χ1v) is 7.91. The number of carboxylic acid groups (broad SMARTS) is 1. The molecule has 0 aromatic heterocycles. The van der Waals surface area contributed by atoms with Crippen molar-refractivity contribution in [1.29, 1.82) is 0 Å². The van der Waals surface area contributed by atoms with Crippen molar-refractivity contribution in [2.75, 3.05) is 18.4 Å². The molecule has 1 aliphatic heterocycles.